The van der Waals surface area contributed by atoms with Crippen LogP contribution in [-0.2, 0) is 13.1 Å². The Morgan fingerprint density at radius 1 is 0.509 bits per heavy atom. The molecule has 0 unspecified atom stereocenters. The van der Waals surface area contributed by atoms with Gasteiger partial charge in [-0.1, -0.05) is 72.8 Å². The molecule has 280 valence electrons. The molecule has 4 N–H and O–H groups in total. The highest BCUT2D eigenvalue weighted by Gasteiger charge is 2.45. The maximum absolute atomic E-state index is 12.8. The normalized spacial score (nSPS) is 30.1. The molecule has 8 heteroatoms. The fourth-order valence-electron chi connectivity index (χ4n) is 11.3. The highest BCUT2D eigenvalue weighted by Crippen LogP contribution is 2.54. The van der Waals surface area contributed by atoms with E-state index in [9.17, 15) is 9.59 Å². The molecule has 0 aromatic heterocycles. The summed E-state index contributed by atoms with van der Waals surface area (Å²) in [5.41, 5.74) is 8.34. The molecule has 2 saturated carbocycles. The Bertz CT molecular complexity index is 1700. The lowest BCUT2D eigenvalue weighted by molar-refractivity contribution is 0.155. The first-order chi connectivity index (χ1) is 26.1. The highest BCUT2D eigenvalue weighted by atomic mass is 16.2. The zero-order chi connectivity index (χ0) is 35.7. The van der Waals surface area contributed by atoms with Crippen molar-refractivity contribution in [3.63, 3.8) is 0 Å². The number of fused-ring (bicyclic) bond motifs is 10. The molecule has 3 aromatic carbocycles. The molecule has 4 aliphatic heterocycles. The summed E-state index contributed by atoms with van der Waals surface area (Å²) in [5.74, 6) is 1.47. The predicted octanol–water partition coefficient (Wildman–Crippen LogP) is 8.58. The van der Waals surface area contributed by atoms with Gasteiger partial charge in [-0.05, 0) is 135 Å². The summed E-state index contributed by atoms with van der Waals surface area (Å²) in [6, 6.07) is 29.1. The molecule has 4 bridgehead atoms. The van der Waals surface area contributed by atoms with Gasteiger partial charge in [-0.3, -0.25) is 9.80 Å². The van der Waals surface area contributed by atoms with Crippen molar-refractivity contribution in [2.45, 2.75) is 133 Å². The first-order valence-electron chi connectivity index (χ1n) is 20.9. The first-order valence-corrected chi connectivity index (χ1v) is 20.9. The van der Waals surface area contributed by atoms with E-state index in [1.807, 2.05) is 18.2 Å². The van der Waals surface area contributed by atoms with Crippen molar-refractivity contribution >= 4 is 12.1 Å². The smallest absolute Gasteiger partial charge is 0.315 e. The number of carbonyl (C=O) groups excluding carboxylic acids is 2. The van der Waals surface area contributed by atoms with Gasteiger partial charge in [0.25, 0.3) is 0 Å². The maximum atomic E-state index is 12.8. The summed E-state index contributed by atoms with van der Waals surface area (Å²) in [4.78, 5) is 31.2. The Balaban J connectivity index is 0.646. The van der Waals surface area contributed by atoms with Crippen LogP contribution < -0.4 is 21.3 Å². The van der Waals surface area contributed by atoms with Crippen LogP contribution in [-0.4, -0.2) is 47.0 Å². The Hall–Kier alpha value is -3.88. The third-order valence-corrected chi connectivity index (χ3v) is 14.0. The van der Waals surface area contributed by atoms with Crippen LogP contribution in [0, 0.1) is 11.8 Å². The molecule has 6 aliphatic rings. The van der Waals surface area contributed by atoms with Crippen LogP contribution in [0.3, 0.4) is 0 Å². The third-order valence-electron chi connectivity index (χ3n) is 14.0. The van der Waals surface area contributed by atoms with Crippen LogP contribution in [0.25, 0.3) is 0 Å². The molecule has 4 amide bonds. The topological polar surface area (TPSA) is 88.7 Å². The predicted molar refractivity (Wildman–Crippen MR) is 209 cm³/mol. The lowest BCUT2D eigenvalue weighted by Crippen LogP contribution is -2.44. The van der Waals surface area contributed by atoms with E-state index in [1.165, 1.54) is 70.9 Å². The summed E-state index contributed by atoms with van der Waals surface area (Å²) in [6.07, 6.45) is 15.4. The van der Waals surface area contributed by atoms with Crippen molar-refractivity contribution in [2.24, 2.45) is 11.8 Å². The zero-order valence-electron chi connectivity index (χ0n) is 31.3. The summed E-state index contributed by atoms with van der Waals surface area (Å²) in [6.45, 7) is 3.32. The Labute approximate surface area is 315 Å². The number of rotatable bonds is 11. The molecule has 9 rings (SSSR count). The van der Waals surface area contributed by atoms with E-state index >= 15 is 0 Å². The summed E-state index contributed by atoms with van der Waals surface area (Å²) < 4.78 is 0. The number of hydrogen-bond acceptors (Lipinski definition) is 4. The van der Waals surface area contributed by atoms with Crippen LogP contribution in [0.5, 0.6) is 0 Å². The lowest BCUT2D eigenvalue weighted by atomic mass is 9.84. The SMILES string of the molecule is O=C(NCc1cccc(CNC(=O)N[C@H]2CC[C@H](CCN3[C@@H]4CC[C@H]3c3ccccc34)CC2)c1)NC1CCC(CN2[C@@H]3CC[C@H]2c2ccccc23)CC1. The van der Waals surface area contributed by atoms with E-state index in [2.05, 4.69) is 85.7 Å². The maximum Gasteiger partial charge on any atom is 0.315 e. The van der Waals surface area contributed by atoms with Crippen LogP contribution >= 0.6 is 0 Å². The molecule has 0 spiro atoms. The molecular formula is C45H58N6O2. The zero-order valence-corrected chi connectivity index (χ0v) is 31.3. The average Bonchev–Trinajstić information content (AvgIpc) is 3.95. The minimum atomic E-state index is -0.0900. The van der Waals surface area contributed by atoms with Gasteiger partial charge in [0.2, 0.25) is 0 Å². The number of amides is 4. The molecular weight excluding hydrogens is 657 g/mol. The Morgan fingerprint density at radius 3 is 1.42 bits per heavy atom. The quantitative estimate of drug-likeness (QED) is 0.160. The largest absolute Gasteiger partial charge is 0.335 e. The Morgan fingerprint density at radius 2 is 0.943 bits per heavy atom. The molecule has 4 fully saturated rings. The van der Waals surface area contributed by atoms with Crippen LogP contribution in [0.1, 0.15) is 141 Å². The van der Waals surface area contributed by atoms with E-state index in [-0.39, 0.29) is 24.1 Å². The molecule has 2 saturated heterocycles. The molecule has 2 aliphatic carbocycles. The van der Waals surface area contributed by atoms with Gasteiger partial charge in [0.1, 0.15) is 0 Å². The van der Waals surface area contributed by atoms with Crippen LogP contribution in [0.15, 0.2) is 72.8 Å². The van der Waals surface area contributed by atoms with Gasteiger partial charge < -0.3 is 21.3 Å². The lowest BCUT2D eigenvalue weighted by Gasteiger charge is -2.33. The van der Waals surface area contributed by atoms with E-state index < -0.39 is 0 Å². The number of carbonyl (C=O) groups is 2. The van der Waals surface area contributed by atoms with Gasteiger partial charge in [-0.2, -0.15) is 0 Å². The fourth-order valence-corrected chi connectivity index (χ4v) is 11.3. The number of nitrogens with one attached hydrogen (secondary N) is 4. The van der Waals surface area contributed by atoms with Crippen molar-refractivity contribution in [3.8, 4) is 0 Å². The summed E-state index contributed by atoms with van der Waals surface area (Å²) in [7, 11) is 0. The van der Waals surface area contributed by atoms with Gasteiger partial charge in [-0.15, -0.1) is 0 Å². The molecule has 3 aromatic rings. The second kappa shape index (κ2) is 15.5. The number of urea groups is 2. The monoisotopic (exact) mass is 714 g/mol. The highest BCUT2D eigenvalue weighted by molar-refractivity contribution is 5.74. The minimum Gasteiger partial charge on any atom is -0.335 e. The van der Waals surface area contributed by atoms with Crippen molar-refractivity contribution in [1.29, 1.82) is 0 Å². The van der Waals surface area contributed by atoms with Gasteiger partial charge >= 0.3 is 12.1 Å². The van der Waals surface area contributed by atoms with Crippen LogP contribution in [0.2, 0.25) is 0 Å². The molecule has 4 heterocycles. The second-order valence-corrected chi connectivity index (χ2v) is 17.1. The Kier molecular flexibility index (Phi) is 10.2. The number of benzene rings is 3. The molecule has 53 heavy (non-hydrogen) atoms. The van der Waals surface area contributed by atoms with Crippen LogP contribution in [0.4, 0.5) is 9.59 Å². The van der Waals surface area contributed by atoms with Gasteiger partial charge in [-0.25, -0.2) is 9.59 Å². The number of nitrogens with zero attached hydrogens (tertiary/aromatic N) is 2. The third kappa shape index (κ3) is 7.46. The average molecular weight is 715 g/mol. The molecule has 0 radical (unpaired) electrons. The summed E-state index contributed by atoms with van der Waals surface area (Å²) >= 11 is 0. The van der Waals surface area contributed by atoms with Crippen molar-refractivity contribution in [2.75, 3.05) is 13.1 Å². The minimum absolute atomic E-state index is 0.0876. The van der Waals surface area contributed by atoms with Crippen molar-refractivity contribution in [1.82, 2.24) is 31.1 Å². The first kappa shape index (κ1) is 34.9. The summed E-state index contributed by atoms with van der Waals surface area (Å²) in [5, 5.41) is 12.6. The van der Waals surface area contributed by atoms with Gasteiger partial charge in [0.05, 0.1) is 0 Å². The van der Waals surface area contributed by atoms with E-state index in [1.54, 1.807) is 22.3 Å². The van der Waals surface area contributed by atoms with Crippen molar-refractivity contribution in [3.05, 3.63) is 106 Å². The molecule has 8 nitrogen and oxygen atoms in total. The molecule has 4 atom stereocenters. The van der Waals surface area contributed by atoms with E-state index in [0.29, 0.717) is 43.2 Å². The van der Waals surface area contributed by atoms with Crippen molar-refractivity contribution < 1.29 is 9.59 Å². The van der Waals surface area contributed by atoms with Gasteiger partial charge in [0.15, 0.2) is 0 Å². The second-order valence-electron chi connectivity index (χ2n) is 17.1. The van der Waals surface area contributed by atoms with E-state index in [4.69, 9.17) is 0 Å². The standard InChI is InChI=1S/C45H58N6O2/c52-44(48-34-16-12-30(13-17-34)24-25-50-40-20-21-41(50)37-9-2-1-8-36(37)40)46-27-32-6-5-7-33(26-32)28-47-45(53)49-35-18-14-31(15-19-35)29-51-42-22-23-43(51)39-11-4-3-10-38(39)42/h1-11,26,30-31,34-35,40-43H,12-25,27-29H2,(H2,46,48,52)(H2,47,49,53)/t30-,31?,34-,35?,40-,41+,42-,43+. The van der Waals surface area contributed by atoms with E-state index in [0.717, 1.165) is 42.7 Å². The fraction of sp³-hybridized carbons (Fsp3) is 0.556. The van der Waals surface area contributed by atoms with Gasteiger partial charge in [0, 0.05) is 55.9 Å². The number of hydrogen-bond donors (Lipinski definition) is 4.